The summed E-state index contributed by atoms with van der Waals surface area (Å²) < 4.78 is 25.8. The van der Waals surface area contributed by atoms with E-state index in [9.17, 15) is 8.78 Å². The van der Waals surface area contributed by atoms with Crippen LogP contribution in [0.25, 0.3) is 0 Å². The summed E-state index contributed by atoms with van der Waals surface area (Å²) in [5.74, 6) is -1.19. The summed E-state index contributed by atoms with van der Waals surface area (Å²) in [7, 11) is 1.66. The number of hydrogen-bond donors (Lipinski definition) is 1. The number of tetrazole rings is 1. The zero-order chi connectivity index (χ0) is 13.1. The van der Waals surface area contributed by atoms with Gasteiger partial charge in [-0.3, -0.25) is 0 Å². The average Bonchev–Trinajstić information content (AvgIpc) is 2.69. The maximum Gasteiger partial charge on any atom is 0.176 e. The monoisotopic (exact) mass is 253 g/mol. The summed E-state index contributed by atoms with van der Waals surface area (Å²) in [5, 5.41) is 11.5. The molecule has 18 heavy (non-hydrogen) atoms. The van der Waals surface area contributed by atoms with Gasteiger partial charge in [0.2, 0.25) is 0 Å². The number of nitrogens with two attached hydrogens (primary N) is 1. The maximum atomic E-state index is 13.0. The average molecular weight is 253 g/mol. The van der Waals surface area contributed by atoms with E-state index in [2.05, 4.69) is 15.4 Å². The van der Waals surface area contributed by atoms with Gasteiger partial charge in [0.15, 0.2) is 17.5 Å². The lowest BCUT2D eigenvalue weighted by molar-refractivity contribution is 0.505. The third kappa shape index (κ3) is 3.07. The van der Waals surface area contributed by atoms with E-state index < -0.39 is 11.6 Å². The van der Waals surface area contributed by atoms with Crippen LogP contribution in [0.1, 0.15) is 11.4 Å². The van der Waals surface area contributed by atoms with E-state index in [4.69, 9.17) is 5.73 Å². The molecule has 1 unspecified atom stereocenters. The minimum atomic E-state index is -0.864. The first-order valence-electron chi connectivity index (χ1n) is 5.47. The zero-order valence-electron chi connectivity index (χ0n) is 9.85. The molecule has 2 N–H and O–H groups in total. The zero-order valence-corrected chi connectivity index (χ0v) is 9.85. The minimum Gasteiger partial charge on any atom is -0.327 e. The van der Waals surface area contributed by atoms with Crippen LogP contribution in [0.3, 0.4) is 0 Å². The highest BCUT2D eigenvalue weighted by Crippen LogP contribution is 2.11. The lowest BCUT2D eigenvalue weighted by atomic mass is 10.0. The molecule has 0 saturated heterocycles. The Balaban J connectivity index is 1.98. The summed E-state index contributed by atoms with van der Waals surface area (Å²) in [6.07, 6.45) is 0.863. The molecule has 0 aliphatic heterocycles. The second kappa shape index (κ2) is 5.18. The van der Waals surface area contributed by atoms with Gasteiger partial charge in [-0.25, -0.2) is 8.78 Å². The molecule has 2 rings (SSSR count). The van der Waals surface area contributed by atoms with Crippen molar-refractivity contribution in [1.82, 2.24) is 20.2 Å². The third-order valence-electron chi connectivity index (χ3n) is 2.48. The highest BCUT2D eigenvalue weighted by atomic mass is 19.2. The van der Waals surface area contributed by atoms with E-state index in [1.54, 1.807) is 7.05 Å². The molecule has 7 heteroatoms. The van der Waals surface area contributed by atoms with Crippen LogP contribution in [-0.2, 0) is 19.9 Å². The van der Waals surface area contributed by atoms with Gasteiger partial charge >= 0.3 is 0 Å². The largest absolute Gasteiger partial charge is 0.327 e. The van der Waals surface area contributed by atoms with Crippen molar-refractivity contribution in [2.45, 2.75) is 18.9 Å². The van der Waals surface area contributed by atoms with Gasteiger partial charge in [0.1, 0.15) is 0 Å². The van der Waals surface area contributed by atoms with Crippen molar-refractivity contribution >= 4 is 0 Å². The molecule has 0 aliphatic carbocycles. The first kappa shape index (κ1) is 12.6. The van der Waals surface area contributed by atoms with E-state index in [0.29, 0.717) is 24.2 Å². The molecule has 0 aliphatic rings. The number of nitrogens with zero attached hydrogens (tertiary/aromatic N) is 4. The van der Waals surface area contributed by atoms with Gasteiger partial charge in [0, 0.05) is 12.5 Å². The van der Waals surface area contributed by atoms with E-state index in [1.807, 2.05) is 0 Å². The van der Waals surface area contributed by atoms with E-state index in [-0.39, 0.29) is 6.04 Å². The molecular formula is C11H13F2N5. The molecule has 1 aromatic carbocycles. The first-order chi connectivity index (χ1) is 8.54. The van der Waals surface area contributed by atoms with Crippen LogP contribution in [0.4, 0.5) is 8.78 Å². The standard InChI is InChI=1S/C11H13F2N5/c1-18-16-11(15-17-18)6-8(14)4-7-2-3-9(12)10(13)5-7/h2-3,5,8H,4,6,14H2,1H3. The molecule has 0 spiro atoms. The number of aryl methyl sites for hydroxylation is 1. The van der Waals surface area contributed by atoms with Crippen LogP contribution in [0.5, 0.6) is 0 Å². The Morgan fingerprint density at radius 2 is 2.06 bits per heavy atom. The van der Waals surface area contributed by atoms with Crippen molar-refractivity contribution in [3.63, 3.8) is 0 Å². The van der Waals surface area contributed by atoms with E-state index >= 15 is 0 Å². The second-order valence-corrected chi connectivity index (χ2v) is 4.11. The van der Waals surface area contributed by atoms with Crippen LogP contribution < -0.4 is 5.73 Å². The molecule has 96 valence electrons. The summed E-state index contributed by atoms with van der Waals surface area (Å²) in [6.45, 7) is 0. The number of rotatable bonds is 4. The molecule has 2 aromatic rings. The summed E-state index contributed by atoms with van der Waals surface area (Å²) in [6, 6.07) is 3.50. The Morgan fingerprint density at radius 1 is 1.28 bits per heavy atom. The van der Waals surface area contributed by atoms with Crippen LogP contribution in [0.2, 0.25) is 0 Å². The fourth-order valence-electron chi connectivity index (χ4n) is 1.68. The molecule has 5 nitrogen and oxygen atoms in total. The fourth-order valence-corrected chi connectivity index (χ4v) is 1.68. The van der Waals surface area contributed by atoms with Crippen LogP contribution in [0.15, 0.2) is 18.2 Å². The molecule has 0 saturated carbocycles. The quantitative estimate of drug-likeness (QED) is 0.866. The molecule has 0 fully saturated rings. The minimum absolute atomic E-state index is 0.265. The normalized spacial score (nSPS) is 12.7. The molecule has 0 bridgehead atoms. The lowest BCUT2D eigenvalue weighted by Crippen LogP contribution is -2.26. The molecule has 0 amide bonds. The maximum absolute atomic E-state index is 13.0. The van der Waals surface area contributed by atoms with Crippen molar-refractivity contribution in [1.29, 1.82) is 0 Å². The Hall–Kier alpha value is -1.89. The molecule has 0 radical (unpaired) electrons. The van der Waals surface area contributed by atoms with Gasteiger partial charge in [0.05, 0.1) is 7.05 Å². The highest BCUT2D eigenvalue weighted by Gasteiger charge is 2.11. The van der Waals surface area contributed by atoms with Crippen molar-refractivity contribution in [3.8, 4) is 0 Å². The number of benzene rings is 1. The first-order valence-corrected chi connectivity index (χ1v) is 5.47. The number of hydrogen-bond acceptors (Lipinski definition) is 4. The molecule has 1 atom stereocenters. The number of aromatic nitrogens is 4. The molecular weight excluding hydrogens is 240 g/mol. The summed E-state index contributed by atoms with van der Waals surface area (Å²) in [4.78, 5) is 1.35. The topological polar surface area (TPSA) is 69.6 Å². The third-order valence-corrected chi connectivity index (χ3v) is 2.48. The predicted octanol–water partition coefficient (Wildman–Crippen LogP) is 0.601. The Morgan fingerprint density at radius 3 is 2.67 bits per heavy atom. The van der Waals surface area contributed by atoms with Crippen LogP contribution in [0, 0.1) is 11.6 Å². The van der Waals surface area contributed by atoms with Gasteiger partial charge in [-0.1, -0.05) is 6.07 Å². The Kier molecular flexibility index (Phi) is 3.61. The van der Waals surface area contributed by atoms with E-state index in [1.165, 1.54) is 10.9 Å². The fraction of sp³-hybridized carbons (Fsp3) is 0.364. The van der Waals surface area contributed by atoms with Crippen molar-refractivity contribution in [2.75, 3.05) is 0 Å². The van der Waals surface area contributed by atoms with Gasteiger partial charge in [-0.15, -0.1) is 10.2 Å². The second-order valence-electron chi connectivity index (χ2n) is 4.11. The van der Waals surface area contributed by atoms with E-state index in [0.717, 1.165) is 12.1 Å². The molecule has 1 heterocycles. The SMILES string of the molecule is Cn1nnc(CC(N)Cc2ccc(F)c(F)c2)n1. The van der Waals surface area contributed by atoms with Gasteiger partial charge in [-0.2, -0.15) is 4.80 Å². The van der Waals surface area contributed by atoms with Crippen molar-refractivity contribution in [3.05, 3.63) is 41.2 Å². The summed E-state index contributed by atoms with van der Waals surface area (Å²) in [5.41, 5.74) is 6.55. The highest BCUT2D eigenvalue weighted by molar-refractivity contribution is 5.19. The predicted molar refractivity (Wildman–Crippen MR) is 60.5 cm³/mol. The number of halogens is 2. The van der Waals surface area contributed by atoms with Crippen LogP contribution in [-0.4, -0.2) is 26.2 Å². The summed E-state index contributed by atoms with van der Waals surface area (Å²) >= 11 is 0. The smallest absolute Gasteiger partial charge is 0.176 e. The van der Waals surface area contributed by atoms with Gasteiger partial charge in [-0.05, 0) is 29.3 Å². The van der Waals surface area contributed by atoms with Gasteiger partial charge in [0.25, 0.3) is 0 Å². The Bertz CT molecular complexity index is 540. The molecule has 1 aromatic heterocycles. The van der Waals surface area contributed by atoms with Crippen molar-refractivity contribution < 1.29 is 8.78 Å². The van der Waals surface area contributed by atoms with Crippen LogP contribution >= 0.6 is 0 Å². The lowest BCUT2D eigenvalue weighted by Gasteiger charge is -2.09. The van der Waals surface area contributed by atoms with Gasteiger partial charge < -0.3 is 5.73 Å². The Labute approximate surface area is 103 Å². The van der Waals surface area contributed by atoms with Crippen molar-refractivity contribution in [2.24, 2.45) is 12.8 Å².